The Kier molecular flexibility index (Phi) is 3.03. The molecule has 0 spiro atoms. The highest BCUT2D eigenvalue weighted by Gasteiger charge is 1.97. The van der Waals surface area contributed by atoms with E-state index in [0.29, 0.717) is 11.6 Å². The zero-order valence-corrected chi connectivity index (χ0v) is 7.28. The summed E-state index contributed by atoms with van der Waals surface area (Å²) in [6.45, 7) is 3.33. The van der Waals surface area contributed by atoms with Gasteiger partial charge in [-0.15, -0.1) is 0 Å². The lowest BCUT2D eigenvalue weighted by atomic mass is 10.4. The fourth-order valence-corrected chi connectivity index (χ4v) is 0.768. The van der Waals surface area contributed by atoms with E-state index >= 15 is 0 Å². The molecule has 0 bridgehead atoms. The van der Waals surface area contributed by atoms with Gasteiger partial charge in [0.1, 0.15) is 0 Å². The smallest absolute Gasteiger partial charge is 0.247 e. The molecular formula is C9H10N2O2. The number of hydrogen-bond acceptors (Lipinski definition) is 3. The van der Waals surface area contributed by atoms with Crippen LogP contribution < -0.4 is 10.1 Å². The topological polar surface area (TPSA) is 51.2 Å². The van der Waals surface area contributed by atoms with E-state index in [1.807, 2.05) is 0 Å². The number of ether oxygens (including phenoxy) is 1. The van der Waals surface area contributed by atoms with Crippen LogP contribution in [0.3, 0.4) is 0 Å². The monoisotopic (exact) mass is 178 g/mol. The Balaban J connectivity index is 2.69. The lowest BCUT2D eigenvalue weighted by molar-refractivity contribution is -0.111. The highest BCUT2D eigenvalue weighted by Crippen LogP contribution is 2.10. The van der Waals surface area contributed by atoms with Gasteiger partial charge in [0.05, 0.1) is 19.0 Å². The number of amides is 1. The van der Waals surface area contributed by atoms with Crippen LogP contribution in [-0.4, -0.2) is 18.0 Å². The van der Waals surface area contributed by atoms with E-state index in [1.165, 1.54) is 19.4 Å². The van der Waals surface area contributed by atoms with Gasteiger partial charge >= 0.3 is 0 Å². The molecule has 0 saturated carbocycles. The number of carbonyl (C=O) groups is 1. The van der Waals surface area contributed by atoms with Crippen molar-refractivity contribution in [3.63, 3.8) is 0 Å². The zero-order valence-electron chi connectivity index (χ0n) is 7.28. The van der Waals surface area contributed by atoms with Gasteiger partial charge in [-0.3, -0.25) is 4.79 Å². The summed E-state index contributed by atoms with van der Waals surface area (Å²) < 4.78 is 4.86. The van der Waals surface area contributed by atoms with Crippen molar-refractivity contribution in [3.8, 4) is 5.88 Å². The molecule has 0 aliphatic rings. The van der Waals surface area contributed by atoms with Crippen LogP contribution in [0.1, 0.15) is 0 Å². The number of rotatable bonds is 3. The van der Waals surface area contributed by atoms with Crippen molar-refractivity contribution in [2.75, 3.05) is 12.4 Å². The fourth-order valence-electron chi connectivity index (χ4n) is 0.768. The number of nitrogens with zero attached hydrogens (tertiary/aromatic N) is 1. The Morgan fingerprint density at radius 2 is 2.46 bits per heavy atom. The van der Waals surface area contributed by atoms with E-state index in [2.05, 4.69) is 16.9 Å². The molecule has 4 heteroatoms. The largest absolute Gasteiger partial charge is 0.481 e. The van der Waals surface area contributed by atoms with Crippen LogP contribution in [0.5, 0.6) is 5.88 Å². The number of carbonyl (C=O) groups excluding carboxylic acids is 1. The molecule has 0 aliphatic heterocycles. The number of nitrogens with one attached hydrogen (secondary N) is 1. The van der Waals surface area contributed by atoms with Gasteiger partial charge in [0, 0.05) is 6.07 Å². The summed E-state index contributed by atoms with van der Waals surface area (Å²) in [5.74, 6) is 0.253. The maximum absolute atomic E-state index is 10.8. The molecule has 1 N–H and O–H groups in total. The normalized spacial score (nSPS) is 9.00. The molecular weight excluding hydrogens is 168 g/mol. The Bertz CT molecular complexity index is 306. The summed E-state index contributed by atoms with van der Waals surface area (Å²) in [4.78, 5) is 14.8. The van der Waals surface area contributed by atoms with Crippen LogP contribution in [0.15, 0.2) is 31.0 Å². The van der Waals surface area contributed by atoms with Crippen LogP contribution in [-0.2, 0) is 4.79 Å². The molecule has 1 rings (SSSR count). The highest BCUT2D eigenvalue weighted by atomic mass is 16.5. The lowest BCUT2D eigenvalue weighted by Gasteiger charge is -2.02. The minimum Gasteiger partial charge on any atom is -0.481 e. The molecule has 0 fully saturated rings. The van der Waals surface area contributed by atoms with E-state index in [9.17, 15) is 4.79 Å². The highest BCUT2D eigenvalue weighted by molar-refractivity contribution is 5.98. The molecule has 0 saturated heterocycles. The van der Waals surface area contributed by atoms with Gasteiger partial charge in [0.15, 0.2) is 0 Å². The van der Waals surface area contributed by atoms with Crippen molar-refractivity contribution >= 4 is 11.6 Å². The van der Waals surface area contributed by atoms with Gasteiger partial charge in [0.2, 0.25) is 11.8 Å². The third-order valence-electron chi connectivity index (χ3n) is 1.40. The quantitative estimate of drug-likeness (QED) is 0.708. The molecule has 0 unspecified atom stereocenters. The second kappa shape index (κ2) is 4.25. The van der Waals surface area contributed by atoms with Crippen LogP contribution in [0.25, 0.3) is 0 Å². The van der Waals surface area contributed by atoms with E-state index in [0.717, 1.165) is 0 Å². The minimum absolute atomic E-state index is 0.257. The first-order valence-electron chi connectivity index (χ1n) is 3.69. The SMILES string of the molecule is C=CC(=O)Nc1ccc(OC)nc1. The summed E-state index contributed by atoms with van der Waals surface area (Å²) in [7, 11) is 1.53. The standard InChI is InChI=1S/C9H10N2O2/c1-3-8(12)11-7-4-5-9(13-2)10-6-7/h3-6H,1H2,2H3,(H,11,12). The molecule has 13 heavy (non-hydrogen) atoms. The minimum atomic E-state index is -0.257. The molecule has 1 aromatic rings. The molecule has 0 aliphatic carbocycles. The van der Waals surface area contributed by atoms with Crippen LogP contribution >= 0.6 is 0 Å². The van der Waals surface area contributed by atoms with E-state index in [-0.39, 0.29) is 5.91 Å². The fraction of sp³-hybridized carbons (Fsp3) is 0.111. The predicted octanol–water partition coefficient (Wildman–Crippen LogP) is 1.21. The lowest BCUT2D eigenvalue weighted by Crippen LogP contribution is -2.07. The number of anilines is 1. The van der Waals surface area contributed by atoms with Gasteiger partial charge in [-0.25, -0.2) is 4.98 Å². The summed E-state index contributed by atoms with van der Waals surface area (Å²) in [5, 5.41) is 2.57. The number of hydrogen-bond donors (Lipinski definition) is 1. The molecule has 1 amide bonds. The molecule has 0 radical (unpaired) electrons. The average Bonchev–Trinajstić information content (AvgIpc) is 2.19. The van der Waals surface area contributed by atoms with Gasteiger partial charge in [-0.2, -0.15) is 0 Å². The number of aromatic nitrogens is 1. The van der Waals surface area contributed by atoms with Crippen molar-refractivity contribution < 1.29 is 9.53 Å². The summed E-state index contributed by atoms with van der Waals surface area (Å²) in [5.41, 5.74) is 0.616. The van der Waals surface area contributed by atoms with Gasteiger partial charge in [-0.1, -0.05) is 6.58 Å². The molecule has 4 nitrogen and oxygen atoms in total. The molecule has 0 atom stereocenters. The summed E-state index contributed by atoms with van der Waals surface area (Å²) in [6, 6.07) is 3.37. The Morgan fingerprint density at radius 1 is 1.69 bits per heavy atom. The second-order valence-corrected chi connectivity index (χ2v) is 2.28. The third kappa shape index (κ3) is 2.59. The van der Waals surface area contributed by atoms with E-state index in [1.54, 1.807) is 12.1 Å². The second-order valence-electron chi connectivity index (χ2n) is 2.28. The van der Waals surface area contributed by atoms with Crippen molar-refractivity contribution in [1.82, 2.24) is 4.98 Å². The van der Waals surface area contributed by atoms with E-state index in [4.69, 9.17) is 4.74 Å². The molecule has 0 aromatic carbocycles. The van der Waals surface area contributed by atoms with E-state index < -0.39 is 0 Å². The van der Waals surface area contributed by atoms with Crippen molar-refractivity contribution in [2.24, 2.45) is 0 Å². The Hall–Kier alpha value is -1.84. The Morgan fingerprint density at radius 3 is 2.92 bits per heavy atom. The third-order valence-corrected chi connectivity index (χ3v) is 1.40. The number of methoxy groups -OCH3 is 1. The maximum Gasteiger partial charge on any atom is 0.247 e. The van der Waals surface area contributed by atoms with Gasteiger partial charge < -0.3 is 10.1 Å². The summed E-state index contributed by atoms with van der Waals surface area (Å²) >= 11 is 0. The average molecular weight is 178 g/mol. The number of pyridine rings is 1. The first-order chi connectivity index (χ1) is 6.26. The van der Waals surface area contributed by atoms with Crippen molar-refractivity contribution in [2.45, 2.75) is 0 Å². The van der Waals surface area contributed by atoms with Gasteiger partial charge in [0.25, 0.3) is 0 Å². The Labute approximate surface area is 76.2 Å². The molecule has 68 valence electrons. The summed E-state index contributed by atoms with van der Waals surface area (Å²) in [6.07, 6.45) is 2.71. The molecule has 1 heterocycles. The predicted molar refractivity (Wildman–Crippen MR) is 49.6 cm³/mol. The van der Waals surface area contributed by atoms with Crippen molar-refractivity contribution in [3.05, 3.63) is 31.0 Å². The molecule has 1 aromatic heterocycles. The van der Waals surface area contributed by atoms with Crippen molar-refractivity contribution in [1.29, 1.82) is 0 Å². The first-order valence-corrected chi connectivity index (χ1v) is 3.69. The van der Waals surface area contributed by atoms with Crippen LogP contribution in [0.2, 0.25) is 0 Å². The zero-order chi connectivity index (χ0) is 9.68. The first kappa shape index (κ1) is 9.25. The van der Waals surface area contributed by atoms with Crippen LogP contribution in [0, 0.1) is 0 Å². The van der Waals surface area contributed by atoms with Crippen LogP contribution in [0.4, 0.5) is 5.69 Å². The van der Waals surface area contributed by atoms with Gasteiger partial charge in [-0.05, 0) is 12.1 Å². The maximum atomic E-state index is 10.8.